The highest BCUT2D eigenvalue weighted by Gasteiger charge is 2.06. The summed E-state index contributed by atoms with van der Waals surface area (Å²) in [6.07, 6.45) is 2.77. The molecular formula is C9H13N3O2S2. The van der Waals surface area contributed by atoms with Crippen molar-refractivity contribution in [2.75, 3.05) is 23.9 Å². The summed E-state index contributed by atoms with van der Waals surface area (Å²) in [5, 5.41) is 2.89. The predicted octanol–water partition coefficient (Wildman–Crippen LogP) is 0.172. The molecule has 0 saturated carbocycles. The van der Waals surface area contributed by atoms with E-state index in [0.29, 0.717) is 11.4 Å². The molecule has 0 atom stereocenters. The van der Waals surface area contributed by atoms with E-state index >= 15 is 0 Å². The van der Waals surface area contributed by atoms with Gasteiger partial charge in [-0.2, -0.15) is 0 Å². The van der Waals surface area contributed by atoms with Crippen LogP contribution in [0.1, 0.15) is 5.56 Å². The molecule has 88 valence electrons. The van der Waals surface area contributed by atoms with Crippen LogP contribution in [-0.4, -0.2) is 36.9 Å². The van der Waals surface area contributed by atoms with Gasteiger partial charge < -0.3 is 11.1 Å². The minimum atomic E-state index is -2.98. The van der Waals surface area contributed by atoms with Crippen molar-refractivity contribution in [3.8, 4) is 0 Å². The van der Waals surface area contributed by atoms with E-state index in [9.17, 15) is 8.42 Å². The number of aromatic nitrogens is 1. The molecule has 1 aromatic rings. The smallest absolute Gasteiger partial charge is 0.149 e. The molecule has 0 bridgehead atoms. The lowest BCUT2D eigenvalue weighted by Crippen LogP contribution is -2.18. The molecule has 1 aromatic heterocycles. The highest BCUT2D eigenvalue weighted by atomic mass is 32.2. The molecule has 0 spiro atoms. The number of thiocarbonyl (C=S) groups is 1. The van der Waals surface area contributed by atoms with Crippen LogP contribution in [0.4, 0.5) is 5.82 Å². The number of pyridine rings is 1. The zero-order chi connectivity index (χ0) is 12.2. The molecule has 3 N–H and O–H groups in total. The molecule has 1 rings (SSSR count). The van der Waals surface area contributed by atoms with Gasteiger partial charge in [0.2, 0.25) is 0 Å². The summed E-state index contributed by atoms with van der Waals surface area (Å²) in [4.78, 5) is 4.28. The predicted molar refractivity (Wildman–Crippen MR) is 68.3 cm³/mol. The van der Waals surface area contributed by atoms with E-state index in [2.05, 4.69) is 10.3 Å². The Hall–Kier alpha value is -1.21. The molecule has 0 fully saturated rings. The molecular weight excluding hydrogens is 246 g/mol. The minimum absolute atomic E-state index is 0.0420. The first-order chi connectivity index (χ1) is 7.40. The number of sulfone groups is 1. The fraction of sp³-hybridized carbons (Fsp3) is 0.333. The highest BCUT2D eigenvalue weighted by molar-refractivity contribution is 7.90. The lowest BCUT2D eigenvalue weighted by Gasteiger charge is -2.08. The van der Waals surface area contributed by atoms with Gasteiger partial charge in [-0.15, -0.1) is 0 Å². The molecule has 0 aromatic carbocycles. The van der Waals surface area contributed by atoms with Crippen molar-refractivity contribution >= 4 is 32.9 Å². The van der Waals surface area contributed by atoms with Gasteiger partial charge in [-0.3, -0.25) is 0 Å². The first kappa shape index (κ1) is 12.9. The Balaban J connectivity index is 2.71. The summed E-state index contributed by atoms with van der Waals surface area (Å²) >= 11 is 4.85. The van der Waals surface area contributed by atoms with Crippen LogP contribution >= 0.6 is 12.2 Å². The molecule has 1 heterocycles. The second kappa shape index (κ2) is 5.22. The summed E-state index contributed by atoms with van der Waals surface area (Å²) in [6.45, 7) is 0.283. The topological polar surface area (TPSA) is 85.1 Å². The number of hydrogen-bond acceptors (Lipinski definition) is 5. The summed E-state index contributed by atoms with van der Waals surface area (Å²) in [7, 11) is -2.98. The van der Waals surface area contributed by atoms with Crippen molar-refractivity contribution in [2.45, 2.75) is 0 Å². The lowest BCUT2D eigenvalue weighted by molar-refractivity contribution is 0.602. The third kappa shape index (κ3) is 4.11. The number of anilines is 1. The van der Waals surface area contributed by atoms with Crippen molar-refractivity contribution in [2.24, 2.45) is 5.73 Å². The molecule has 16 heavy (non-hydrogen) atoms. The quantitative estimate of drug-likeness (QED) is 0.733. The van der Waals surface area contributed by atoms with Crippen LogP contribution in [0, 0.1) is 0 Å². The Morgan fingerprint density at radius 1 is 1.62 bits per heavy atom. The van der Waals surface area contributed by atoms with Crippen LogP contribution < -0.4 is 11.1 Å². The average molecular weight is 259 g/mol. The van der Waals surface area contributed by atoms with E-state index in [4.69, 9.17) is 18.0 Å². The van der Waals surface area contributed by atoms with Crippen molar-refractivity contribution < 1.29 is 8.42 Å². The first-order valence-electron chi connectivity index (χ1n) is 4.56. The van der Waals surface area contributed by atoms with E-state index in [-0.39, 0.29) is 17.3 Å². The maximum Gasteiger partial charge on any atom is 0.149 e. The van der Waals surface area contributed by atoms with E-state index in [1.54, 1.807) is 18.3 Å². The molecule has 0 aliphatic heterocycles. The zero-order valence-corrected chi connectivity index (χ0v) is 10.4. The lowest BCUT2D eigenvalue weighted by atomic mass is 10.2. The Morgan fingerprint density at radius 2 is 2.31 bits per heavy atom. The summed E-state index contributed by atoms with van der Waals surface area (Å²) < 4.78 is 21.9. The largest absolute Gasteiger partial charge is 0.389 e. The van der Waals surface area contributed by atoms with E-state index in [1.165, 1.54) is 6.26 Å². The molecule has 0 amide bonds. The van der Waals surface area contributed by atoms with Crippen LogP contribution in [-0.2, 0) is 9.84 Å². The maximum absolute atomic E-state index is 10.9. The maximum atomic E-state index is 10.9. The molecule has 0 unspecified atom stereocenters. The standard InChI is InChI=1S/C9H13N3O2S2/c1-16(13,14)6-5-12-9-7(8(10)15)3-2-4-11-9/h2-4H,5-6H2,1H3,(H2,10,15)(H,11,12). The van der Waals surface area contributed by atoms with Crippen molar-refractivity contribution in [3.63, 3.8) is 0 Å². The monoisotopic (exact) mass is 259 g/mol. The van der Waals surface area contributed by atoms with Gasteiger partial charge in [0.05, 0.1) is 11.3 Å². The van der Waals surface area contributed by atoms with Crippen LogP contribution in [0.5, 0.6) is 0 Å². The normalized spacial score (nSPS) is 11.1. The van der Waals surface area contributed by atoms with Gasteiger partial charge in [-0.25, -0.2) is 13.4 Å². The van der Waals surface area contributed by atoms with Crippen LogP contribution in [0.15, 0.2) is 18.3 Å². The van der Waals surface area contributed by atoms with Crippen molar-refractivity contribution in [1.82, 2.24) is 4.98 Å². The van der Waals surface area contributed by atoms with Crippen LogP contribution in [0.3, 0.4) is 0 Å². The fourth-order valence-corrected chi connectivity index (χ4v) is 1.74. The summed E-state index contributed by atoms with van der Waals surface area (Å²) in [5.41, 5.74) is 6.12. The fourth-order valence-electron chi connectivity index (χ4n) is 1.10. The van der Waals surface area contributed by atoms with Gasteiger partial charge in [0.15, 0.2) is 0 Å². The van der Waals surface area contributed by atoms with Crippen molar-refractivity contribution in [1.29, 1.82) is 0 Å². The zero-order valence-electron chi connectivity index (χ0n) is 8.80. The Morgan fingerprint density at radius 3 is 2.88 bits per heavy atom. The number of nitrogens with two attached hydrogens (primary N) is 1. The van der Waals surface area contributed by atoms with Gasteiger partial charge in [0.25, 0.3) is 0 Å². The Bertz CT molecular complexity index is 485. The van der Waals surface area contributed by atoms with E-state index in [0.717, 1.165) is 0 Å². The Kier molecular flexibility index (Phi) is 4.19. The molecule has 0 aliphatic rings. The van der Waals surface area contributed by atoms with Crippen LogP contribution in [0.2, 0.25) is 0 Å². The second-order valence-corrected chi connectivity index (χ2v) is 6.02. The third-order valence-corrected chi connectivity index (χ3v) is 3.00. The molecule has 0 saturated heterocycles. The van der Waals surface area contributed by atoms with E-state index in [1.807, 2.05) is 0 Å². The number of nitrogens with zero attached hydrogens (tertiary/aromatic N) is 1. The summed E-state index contributed by atoms with van der Waals surface area (Å²) in [5.74, 6) is 0.555. The van der Waals surface area contributed by atoms with Gasteiger partial charge in [0.1, 0.15) is 20.6 Å². The Labute approximate surface area is 100.0 Å². The highest BCUT2D eigenvalue weighted by Crippen LogP contribution is 2.10. The number of hydrogen-bond donors (Lipinski definition) is 2. The van der Waals surface area contributed by atoms with Gasteiger partial charge in [-0.1, -0.05) is 12.2 Å². The summed E-state index contributed by atoms with van der Waals surface area (Å²) in [6, 6.07) is 3.45. The van der Waals surface area contributed by atoms with Gasteiger partial charge >= 0.3 is 0 Å². The van der Waals surface area contributed by atoms with E-state index < -0.39 is 9.84 Å². The average Bonchev–Trinajstić information content (AvgIpc) is 2.16. The van der Waals surface area contributed by atoms with Crippen LogP contribution in [0.25, 0.3) is 0 Å². The third-order valence-electron chi connectivity index (χ3n) is 1.84. The number of rotatable bonds is 5. The minimum Gasteiger partial charge on any atom is -0.389 e. The van der Waals surface area contributed by atoms with Gasteiger partial charge in [0, 0.05) is 19.0 Å². The molecule has 0 radical (unpaired) electrons. The number of nitrogens with one attached hydrogen (secondary N) is 1. The SMILES string of the molecule is CS(=O)(=O)CCNc1ncccc1C(N)=S. The van der Waals surface area contributed by atoms with Crippen molar-refractivity contribution in [3.05, 3.63) is 23.9 Å². The second-order valence-electron chi connectivity index (χ2n) is 3.32. The molecule has 7 heteroatoms. The molecule has 0 aliphatic carbocycles. The van der Waals surface area contributed by atoms with Gasteiger partial charge in [-0.05, 0) is 12.1 Å². The first-order valence-corrected chi connectivity index (χ1v) is 7.03. The molecule has 5 nitrogen and oxygen atoms in total.